The Hall–Kier alpha value is -0.500. The summed E-state index contributed by atoms with van der Waals surface area (Å²) < 4.78 is 5.20. The Balaban J connectivity index is 2.48. The van der Waals surface area contributed by atoms with Crippen LogP contribution in [-0.4, -0.2) is 11.9 Å². The molecule has 1 nitrogen and oxygen atoms in total. The van der Waals surface area contributed by atoms with E-state index in [0.29, 0.717) is 4.83 Å². The van der Waals surface area contributed by atoms with Gasteiger partial charge in [0.15, 0.2) is 0 Å². The van der Waals surface area contributed by atoms with Crippen molar-refractivity contribution < 1.29 is 4.74 Å². The molecule has 1 aromatic carbocycles. The molecule has 1 atom stereocenters. The lowest BCUT2D eigenvalue weighted by atomic mass is 10.1. The van der Waals surface area contributed by atoms with Gasteiger partial charge in [0.1, 0.15) is 5.75 Å². The van der Waals surface area contributed by atoms with Crippen molar-refractivity contribution >= 4 is 15.9 Å². The molecule has 1 unspecified atom stereocenters. The number of halogens is 1. The van der Waals surface area contributed by atoms with E-state index >= 15 is 0 Å². The van der Waals surface area contributed by atoms with Gasteiger partial charge in [0.25, 0.3) is 0 Å². The fourth-order valence-corrected chi connectivity index (χ4v) is 2.28. The fourth-order valence-electron chi connectivity index (χ4n) is 1.58. The molecule has 1 aromatic rings. The second-order valence-electron chi connectivity index (χ2n) is 3.80. The first-order valence-corrected chi connectivity index (χ1v) is 6.44. The lowest BCUT2D eigenvalue weighted by Crippen LogP contribution is -2.02. The van der Waals surface area contributed by atoms with Crippen molar-refractivity contribution in [3.05, 3.63) is 29.8 Å². The number of hydrogen-bond donors (Lipinski definition) is 0. The van der Waals surface area contributed by atoms with Crippen LogP contribution in [0, 0.1) is 0 Å². The minimum Gasteiger partial charge on any atom is -0.497 e. The van der Waals surface area contributed by atoms with Gasteiger partial charge in [0.05, 0.1) is 7.11 Å². The van der Waals surface area contributed by atoms with E-state index in [4.69, 9.17) is 4.74 Å². The first kappa shape index (κ1) is 12.6. The lowest BCUT2D eigenvalue weighted by Gasteiger charge is -2.09. The van der Waals surface area contributed by atoms with Crippen LogP contribution < -0.4 is 4.74 Å². The number of ether oxygens (including phenoxy) is 1. The topological polar surface area (TPSA) is 9.23 Å². The van der Waals surface area contributed by atoms with Crippen molar-refractivity contribution in [3.8, 4) is 5.75 Å². The van der Waals surface area contributed by atoms with Crippen molar-refractivity contribution in [2.75, 3.05) is 7.11 Å². The van der Waals surface area contributed by atoms with E-state index in [9.17, 15) is 0 Å². The summed E-state index contributed by atoms with van der Waals surface area (Å²) in [6, 6.07) is 8.30. The van der Waals surface area contributed by atoms with Gasteiger partial charge in [-0.15, -0.1) is 0 Å². The second kappa shape index (κ2) is 6.89. The van der Waals surface area contributed by atoms with Crippen molar-refractivity contribution in [2.24, 2.45) is 0 Å². The van der Waals surface area contributed by atoms with Gasteiger partial charge in [-0.3, -0.25) is 0 Å². The van der Waals surface area contributed by atoms with Crippen molar-refractivity contribution in [2.45, 2.75) is 37.4 Å². The Bertz CT molecular complexity index is 286. The maximum atomic E-state index is 5.20. The van der Waals surface area contributed by atoms with E-state index in [1.807, 2.05) is 12.1 Å². The SMILES string of the molecule is CCCCC(Br)Cc1cccc(OC)c1. The molecule has 0 saturated carbocycles. The van der Waals surface area contributed by atoms with E-state index in [1.54, 1.807) is 7.11 Å². The minimum absolute atomic E-state index is 0.588. The predicted octanol–water partition coefficient (Wildman–Crippen LogP) is 4.19. The molecule has 0 aliphatic heterocycles. The maximum absolute atomic E-state index is 5.20. The first-order valence-electron chi connectivity index (χ1n) is 5.53. The molecule has 84 valence electrons. The van der Waals surface area contributed by atoms with Crippen molar-refractivity contribution in [3.63, 3.8) is 0 Å². The molecule has 1 rings (SSSR count). The third kappa shape index (κ3) is 4.70. The highest BCUT2D eigenvalue weighted by atomic mass is 79.9. The summed E-state index contributed by atoms with van der Waals surface area (Å²) in [5, 5.41) is 0. The molecule has 0 bridgehead atoms. The van der Waals surface area contributed by atoms with Crippen LogP contribution in [0.25, 0.3) is 0 Å². The molecule has 0 aromatic heterocycles. The molecule has 0 spiro atoms. The van der Waals surface area contributed by atoms with E-state index in [1.165, 1.54) is 24.8 Å². The van der Waals surface area contributed by atoms with Crippen LogP contribution in [0.2, 0.25) is 0 Å². The molecule has 0 aliphatic rings. The molecule has 0 saturated heterocycles. The van der Waals surface area contributed by atoms with Crippen LogP contribution in [0.1, 0.15) is 31.7 Å². The third-order valence-electron chi connectivity index (χ3n) is 2.46. The smallest absolute Gasteiger partial charge is 0.119 e. The summed E-state index contributed by atoms with van der Waals surface area (Å²) in [5.41, 5.74) is 1.34. The molecule has 0 heterocycles. The quantitative estimate of drug-likeness (QED) is 0.705. The summed E-state index contributed by atoms with van der Waals surface area (Å²) in [6.07, 6.45) is 4.88. The Morgan fingerprint density at radius 1 is 1.40 bits per heavy atom. The largest absolute Gasteiger partial charge is 0.497 e. The van der Waals surface area contributed by atoms with Gasteiger partial charge in [0, 0.05) is 4.83 Å². The predicted molar refractivity (Wildman–Crippen MR) is 68.9 cm³/mol. The second-order valence-corrected chi connectivity index (χ2v) is 5.09. The average molecular weight is 271 g/mol. The summed E-state index contributed by atoms with van der Waals surface area (Å²) in [5.74, 6) is 0.947. The normalized spacial score (nSPS) is 12.5. The molecule has 2 heteroatoms. The maximum Gasteiger partial charge on any atom is 0.119 e. The number of alkyl halides is 1. The zero-order valence-corrected chi connectivity index (χ0v) is 11.1. The van der Waals surface area contributed by atoms with E-state index in [-0.39, 0.29) is 0 Å². The van der Waals surface area contributed by atoms with Crippen LogP contribution >= 0.6 is 15.9 Å². The fraction of sp³-hybridized carbons (Fsp3) is 0.538. The van der Waals surface area contributed by atoms with Gasteiger partial charge < -0.3 is 4.74 Å². The number of benzene rings is 1. The van der Waals surface area contributed by atoms with Crippen LogP contribution in [0.15, 0.2) is 24.3 Å². The van der Waals surface area contributed by atoms with Gasteiger partial charge in [-0.25, -0.2) is 0 Å². The van der Waals surface area contributed by atoms with Crippen molar-refractivity contribution in [1.29, 1.82) is 0 Å². The van der Waals surface area contributed by atoms with Gasteiger partial charge in [0.2, 0.25) is 0 Å². The summed E-state index contributed by atoms with van der Waals surface area (Å²) >= 11 is 3.72. The molecule has 0 amide bonds. The number of methoxy groups -OCH3 is 1. The zero-order chi connectivity index (χ0) is 11.1. The highest BCUT2D eigenvalue weighted by Crippen LogP contribution is 2.19. The van der Waals surface area contributed by atoms with Crippen LogP contribution in [-0.2, 0) is 6.42 Å². The van der Waals surface area contributed by atoms with Gasteiger partial charge in [-0.1, -0.05) is 47.8 Å². The highest BCUT2D eigenvalue weighted by Gasteiger charge is 2.05. The highest BCUT2D eigenvalue weighted by molar-refractivity contribution is 9.09. The molecule has 0 aliphatic carbocycles. The molecular formula is C13H19BrO. The Morgan fingerprint density at radius 3 is 2.87 bits per heavy atom. The zero-order valence-electron chi connectivity index (χ0n) is 9.50. The number of rotatable bonds is 6. The molecule has 0 fully saturated rings. The summed E-state index contributed by atoms with van der Waals surface area (Å²) in [6.45, 7) is 2.23. The van der Waals surface area contributed by atoms with E-state index in [2.05, 4.69) is 35.0 Å². The summed E-state index contributed by atoms with van der Waals surface area (Å²) in [7, 11) is 1.71. The van der Waals surface area contributed by atoms with Gasteiger partial charge >= 0.3 is 0 Å². The van der Waals surface area contributed by atoms with Crippen LogP contribution in [0.5, 0.6) is 5.75 Å². The Morgan fingerprint density at radius 2 is 2.20 bits per heavy atom. The Kier molecular flexibility index (Phi) is 5.77. The lowest BCUT2D eigenvalue weighted by molar-refractivity contribution is 0.414. The van der Waals surface area contributed by atoms with E-state index in [0.717, 1.165) is 12.2 Å². The number of unbranched alkanes of at least 4 members (excludes halogenated alkanes) is 1. The minimum atomic E-state index is 0.588. The molecular weight excluding hydrogens is 252 g/mol. The average Bonchev–Trinajstić information content (AvgIpc) is 2.26. The van der Waals surface area contributed by atoms with E-state index < -0.39 is 0 Å². The number of hydrogen-bond acceptors (Lipinski definition) is 1. The standard InChI is InChI=1S/C13H19BrO/c1-3-4-7-12(14)9-11-6-5-8-13(10-11)15-2/h5-6,8,10,12H,3-4,7,9H2,1-2H3. The Labute approximate surface area is 101 Å². The van der Waals surface area contributed by atoms with Crippen LogP contribution in [0.4, 0.5) is 0 Å². The molecule has 0 N–H and O–H groups in total. The van der Waals surface area contributed by atoms with Gasteiger partial charge in [-0.05, 0) is 30.5 Å². The first-order chi connectivity index (χ1) is 7.26. The monoisotopic (exact) mass is 270 g/mol. The van der Waals surface area contributed by atoms with Crippen LogP contribution in [0.3, 0.4) is 0 Å². The molecule has 15 heavy (non-hydrogen) atoms. The summed E-state index contributed by atoms with van der Waals surface area (Å²) in [4.78, 5) is 0.588. The van der Waals surface area contributed by atoms with Crippen molar-refractivity contribution in [1.82, 2.24) is 0 Å². The molecule has 0 radical (unpaired) electrons. The third-order valence-corrected chi connectivity index (χ3v) is 3.24. The van der Waals surface area contributed by atoms with Gasteiger partial charge in [-0.2, -0.15) is 0 Å².